The number of piperazine rings is 1. The van der Waals surface area contributed by atoms with E-state index in [1.165, 1.54) is 30.6 Å². The van der Waals surface area contributed by atoms with Crippen LogP contribution in [0.25, 0.3) is 28.1 Å². The second kappa shape index (κ2) is 10.2. The Hall–Kier alpha value is -3.16. The van der Waals surface area contributed by atoms with E-state index >= 15 is 0 Å². The van der Waals surface area contributed by atoms with E-state index in [1.807, 2.05) is 30.5 Å². The van der Waals surface area contributed by atoms with E-state index in [1.54, 1.807) is 6.08 Å². The predicted octanol–water partition coefficient (Wildman–Crippen LogP) is 5.46. The summed E-state index contributed by atoms with van der Waals surface area (Å²) in [5.41, 5.74) is 6.59. The number of nitrogens with one attached hydrogen (secondary N) is 1. The van der Waals surface area contributed by atoms with E-state index in [-0.39, 0.29) is 11.1 Å². The van der Waals surface area contributed by atoms with E-state index in [4.69, 9.17) is 0 Å². The number of hydrogen-bond acceptors (Lipinski definition) is 6. The Labute approximate surface area is 210 Å². The average Bonchev–Trinajstić information content (AvgIpc) is 3.18. The van der Waals surface area contributed by atoms with Crippen LogP contribution in [0.1, 0.15) is 30.9 Å². The Morgan fingerprint density at radius 3 is 2.60 bits per heavy atom. The fraction of sp³-hybridized carbons (Fsp3) is 0.321. The van der Waals surface area contributed by atoms with Crippen LogP contribution in [-0.2, 0) is 4.79 Å². The molecule has 0 bridgehead atoms. The number of carbonyl (C=O) groups excluding carboxylic acids is 2. The fourth-order valence-electron chi connectivity index (χ4n) is 4.85. The second-order valence-electron chi connectivity index (χ2n) is 9.17. The van der Waals surface area contributed by atoms with Crippen LogP contribution in [-0.4, -0.2) is 53.8 Å². The second-order valence-corrected chi connectivity index (χ2v) is 10.2. The highest BCUT2D eigenvalue weighted by atomic mass is 32.2. The Morgan fingerprint density at radius 1 is 1.06 bits per heavy atom. The van der Waals surface area contributed by atoms with E-state index < -0.39 is 0 Å². The maximum atomic E-state index is 12.0. The number of aromatic nitrogens is 1. The SMILES string of the molecule is CCCCN1CCN(c2ccc(-c3ccnc4ccc(C=C5SC(=O)NC5=O)cc34)cc2C)CC1. The van der Waals surface area contributed by atoms with Crippen LogP contribution in [0.3, 0.4) is 0 Å². The normalized spacial score (nSPS) is 18.0. The van der Waals surface area contributed by atoms with Crippen molar-refractivity contribution in [2.45, 2.75) is 26.7 Å². The van der Waals surface area contributed by atoms with E-state index in [9.17, 15) is 9.59 Å². The maximum Gasteiger partial charge on any atom is 0.290 e. The van der Waals surface area contributed by atoms with Crippen molar-refractivity contribution in [2.75, 3.05) is 37.6 Å². The summed E-state index contributed by atoms with van der Waals surface area (Å²) in [5, 5.41) is 3.00. The molecular formula is C28H30N4O2S. The van der Waals surface area contributed by atoms with Crippen molar-refractivity contribution < 1.29 is 9.59 Å². The van der Waals surface area contributed by atoms with Crippen LogP contribution in [0, 0.1) is 6.92 Å². The van der Waals surface area contributed by atoms with Gasteiger partial charge in [0.2, 0.25) is 0 Å². The average molecular weight is 487 g/mol. The molecule has 0 unspecified atom stereocenters. The summed E-state index contributed by atoms with van der Waals surface area (Å²) in [4.78, 5) is 33.5. The molecule has 2 amide bonds. The predicted molar refractivity (Wildman–Crippen MR) is 145 cm³/mol. The molecule has 0 spiro atoms. The van der Waals surface area contributed by atoms with Gasteiger partial charge < -0.3 is 4.90 Å². The summed E-state index contributed by atoms with van der Waals surface area (Å²) in [7, 11) is 0. The van der Waals surface area contributed by atoms with Crippen molar-refractivity contribution in [3.8, 4) is 11.1 Å². The third kappa shape index (κ3) is 5.11. The molecule has 0 radical (unpaired) electrons. The number of pyridine rings is 1. The minimum absolute atomic E-state index is 0.331. The quantitative estimate of drug-likeness (QED) is 0.467. The van der Waals surface area contributed by atoms with Gasteiger partial charge in [0.25, 0.3) is 11.1 Å². The molecule has 0 aliphatic carbocycles. The van der Waals surface area contributed by atoms with Crippen molar-refractivity contribution in [1.29, 1.82) is 0 Å². The summed E-state index contributed by atoms with van der Waals surface area (Å²) in [5.74, 6) is -0.344. The van der Waals surface area contributed by atoms with Crippen LogP contribution in [0.2, 0.25) is 0 Å². The number of imide groups is 1. The van der Waals surface area contributed by atoms with Crippen molar-refractivity contribution in [1.82, 2.24) is 15.2 Å². The molecule has 3 aromatic rings. The van der Waals surface area contributed by atoms with Gasteiger partial charge in [-0.3, -0.25) is 24.8 Å². The molecule has 2 fully saturated rings. The van der Waals surface area contributed by atoms with Gasteiger partial charge in [-0.15, -0.1) is 0 Å². The van der Waals surface area contributed by atoms with E-state index in [2.05, 4.69) is 52.1 Å². The number of amides is 2. The number of hydrogen-bond donors (Lipinski definition) is 1. The standard InChI is InChI=1S/C28H30N4O2S/c1-3-4-11-31-12-14-32(15-13-31)25-8-6-21(16-19(25)2)22-9-10-29-24-7-5-20(17-23(22)24)18-26-27(33)30-28(34)35-26/h5-10,16-18H,3-4,11-15H2,1-2H3,(H,30,33,34). The number of thioether (sulfide) groups is 1. The number of anilines is 1. The first-order valence-electron chi connectivity index (χ1n) is 12.2. The summed E-state index contributed by atoms with van der Waals surface area (Å²) < 4.78 is 0. The number of nitrogens with zero attached hydrogens (tertiary/aromatic N) is 3. The molecule has 1 aromatic heterocycles. The van der Waals surface area contributed by atoms with Crippen LogP contribution in [0.4, 0.5) is 10.5 Å². The van der Waals surface area contributed by atoms with Gasteiger partial charge in [-0.2, -0.15) is 0 Å². The number of benzene rings is 2. The van der Waals surface area contributed by atoms with Crippen LogP contribution in [0.5, 0.6) is 0 Å². The van der Waals surface area contributed by atoms with E-state index in [0.717, 1.165) is 65.5 Å². The van der Waals surface area contributed by atoms with Crippen LogP contribution < -0.4 is 10.2 Å². The van der Waals surface area contributed by atoms with Gasteiger partial charge in [-0.05, 0) is 90.3 Å². The van der Waals surface area contributed by atoms with Crippen molar-refractivity contribution in [3.63, 3.8) is 0 Å². The maximum absolute atomic E-state index is 12.0. The van der Waals surface area contributed by atoms with Crippen molar-refractivity contribution in [2.24, 2.45) is 0 Å². The molecule has 180 valence electrons. The third-order valence-electron chi connectivity index (χ3n) is 6.75. The minimum atomic E-state index is -0.344. The van der Waals surface area contributed by atoms with Gasteiger partial charge in [0.1, 0.15) is 0 Å². The number of unbranched alkanes of at least 4 members (excludes halogenated alkanes) is 1. The topological polar surface area (TPSA) is 65.5 Å². The molecule has 2 saturated heterocycles. The molecular weight excluding hydrogens is 456 g/mol. The number of rotatable bonds is 6. The monoisotopic (exact) mass is 486 g/mol. The summed E-state index contributed by atoms with van der Waals surface area (Å²) in [6, 6.07) is 14.7. The lowest BCUT2D eigenvalue weighted by atomic mass is 9.97. The molecule has 7 heteroatoms. The number of fused-ring (bicyclic) bond motifs is 1. The minimum Gasteiger partial charge on any atom is -0.369 e. The van der Waals surface area contributed by atoms with Gasteiger partial charge in [0.15, 0.2) is 0 Å². The summed E-state index contributed by atoms with van der Waals surface area (Å²) >= 11 is 0.934. The zero-order valence-corrected chi connectivity index (χ0v) is 21.0. The first kappa shape index (κ1) is 23.6. The molecule has 35 heavy (non-hydrogen) atoms. The smallest absolute Gasteiger partial charge is 0.290 e. The molecule has 0 atom stereocenters. The zero-order valence-electron chi connectivity index (χ0n) is 20.2. The summed E-state index contributed by atoms with van der Waals surface area (Å²) in [6.07, 6.45) is 6.12. The van der Waals surface area contributed by atoms with Crippen LogP contribution in [0.15, 0.2) is 53.6 Å². The highest BCUT2D eigenvalue weighted by molar-refractivity contribution is 8.18. The first-order valence-corrected chi connectivity index (χ1v) is 13.1. The lowest BCUT2D eigenvalue weighted by Crippen LogP contribution is -2.46. The van der Waals surface area contributed by atoms with Gasteiger partial charge in [-0.25, -0.2) is 0 Å². The third-order valence-corrected chi connectivity index (χ3v) is 7.56. The van der Waals surface area contributed by atoms with Crippen molar-refractivity contribution >= 4 is 45.6 Å². The highest BCUT2D eigenvalue weighted by Gasteiger charge is 2.25. The lowest BCUT2D eigenvalue weighted by Gasteiger charge is -2.37. The van der Waals surface area contributed by atoms with Crippen LogP contribution >= 0.6 is 11.8 Å². The number of carbonyl (C=O) groups is 2. The number of aryl methyl sites for hydroxylation is 1. The molecule has 2 aliphatic heterocycles. The molecule has 2 aromatic carbocycles. The summed E-state index contributed by atoms with van der Waals surface area (Å²) in [6.45, 7) is 10.0. The Bertz CT molecular complexity index is 1310. The van der Waals surface area contributed by atoms with Gasteiger partial charge in [-0.1, -0.05) is 25.5 Å². The van der Waals surface area contributed by atoms with Gasteiger partial charge in [0, 0.05) is 43.4 Å². The fourth-order valence-corrected chi connectivity index (χ4v) is 5.53. The molecule has 5 rings (SSSR count). The molecule has 6 nitrogen and oxygen atoms in total. The lowest BCUT2D eigenvalue weighted by molar-refractivity contribution is -0.115. The molecule has 1 N–H and O–H groups in total. The Morgan fingerprint density at radius 2 is 1.89 bits per heavy atom. The van der Waals surface area contributed by atoms with Gasteiger partial charge in [0.05, 0.1) is 10.4 Å². The van der Waals surface area contributed by atoms with Gasteiger partial charge >= 0.3 is 0 Å². The largest absolute Gasteiger partial charge is 0.369 e. The zero-order chi connectivity index (χ0) is 24.4. The van der Waals surface area contributed by atoms with Crippen molar-refractivity contribution in [3.05, 3.63) is 64.7 Å². The highest BCUT2D eigenvalue weighted by Crippen LogP contribution is 2.33. The molecule has 3 heterocycles. The Kier molecular flexibility index (Phi) is 6.88. The first-order chi connectivity index (χ1) is 17.0. The Balaban J connectivity index is 1.41. The molecule has 0 saturated carbocycles. The van der Waals surface area contributed by atoms with E-state index in [0.29, 0.717) is 4.91 Å². The molecule has 2 aliphatic rings.